The molecule has 0 bridgehead atoms. The Hall–Kier alpha value is -2.00. The van der Waals surface area contributed by atoms with E-state index >= 15 is 0 Å². The molecule has 93 valence electrons. The summed E-state index contributed by atoms with van der Waals surface area (Å²) in [5.74, 6) is 0.302. The van der Waals surface area contributed by atoms with E-state index in [0.29, 0.717) is 11.4 Å². The maximum atomic E-state index is 12.0. The van der Waals surface area contributed by atoms with Crippen molar-refractivity contribution in [2.24, 2.45) is 0 Å². The molecule has 1 radical (unpaired) electrons. The maximum absolute atomic E-state index is 12.0. The summed E-state index contributed by atoms with van der Waals surface area (Å²) in [5.41, 5.74) is 3.14. The lowest BCUT2D eigenvalue weighted by molar-refractivity contribution is 0.154. The lowest BCUT2D eigenvalue weighted by Crippen LogP contribution is -2.15. The van der Waals surface area contributed by atoms with Crippen LogP contribution >= 0.6 is 0 Å². The quantitative estimate of drug-likeness (QED) is 0.839. The molecule has 0 saturated carbocycles. The van der Waals surface area contributed by atoms with E-state index in [-0.39, 0.29) is 6.54 Å². The summed E-state index contributed by atoms with van der Waals surface area (Å²) < 4.78 is 0. The van der Waals surface area contributed by atoms with Crippen LogP contribution in [0.4, 0.5) is 5.69 Å². The summed E-state index contributed by atoms with van der Waals surface area (Å²) in [4.78, 5) is 0. The largest absolute Gasteiger partial charge is 0.507 e. The first kappa shape index (κ1) is 12.5. The molecule has 3 heteroatoms. The summed E-state index contributed by atoms with van der Waals surface area (Å²) in [5, 5.41) is 22.6. The van der Waals surface area contributed by atoms with Gasteiger partial charge in [0.1, 0.15) is 5.75 Å². The third-order valence-corrected chi connectivity index (χ3v) is 2.92. The molecule has 18 heavy (non-hydrogen) atoms. The number of aromatic hydroxyl groups is 1. The van der Waals surface area contributed by atoms with Crippen LogP contribution in [0.15, 0.2) is 42.5 Å². The van der Waals surface area contributed by atoms with Gasteiger partial charge in [-0.05, 0) is 42.7 Å². The number of anilines is 1. The lowest BCUT2D eigenvalue weighted by Gasteiger charge is -2.15. The highest BCUT2D eigenvalue weighted by Crippen LogP contribution is 2.24. The number of benzene rings is 2. The van der Waals surface area contributed by atoms with E-state index in [1.807, 2.05) is 44.2 Å². The number of aryl methyl sites for hydroxylation is 2. The minimum absolute atomic E-state index is 0.284. The van der Waals surface area contributed by atoms with Crippen molar-refractivity contribution in [1.29, 1.82) is 0 Å². The zero-order valence-electron chi connectivity index (χ0n) is 10.6. The molecular formula is C15H16NO2. The van der Waals surface area contributed by atoms with E-state index in [1.165, 1.54) is 0 Å². The number of rotatable bonds is 3. The number of phenols is 1. The van der Waals surface area contributed by atoms with Crippen LogP contribution in [-0.4, -0.2) is 5.11 Å². The van der Waals surface area contributed by atoms with Gasteiger partial charge in [0.2, 0.25) is 0 Å². The number of phenolic OH excluding ortho intramolecular Hbond substituents is 1. The van der Waals surface area contributed by atoms with Gasteiger partial charge in [0, 0.05) is 0 Å². The molecule has 0 saturated heterocycles. The SMILES string of the molecule is Cc1cc(CN([O])c2ccccc2)cc(C)c1O. The first-order chi connectivity index (χ1) is 8.58. The molecule has 2 aromatic rings. The average Bonchev–Trinajstić information content (AvgIpc) is 2.37. The third kappa shape index (κ3) is 2.63. The molecule has 3 nitrogen and oxygen atoms in total. The predicted molar refractivity (Wildman–Crippen MR) is 70.9 cm³/mol. The van der Waals surface area contributed by atoms with Crippen LogP contribution in [0, 0.1) is 13.8 Å². The molecule has 1 N–H and O–H groups in total. The molecule has 0 amide bonds. The van der Waals surface area contributed by atoms with Crippen LogP contribution in [0.1, 0.15) is 16.7 Å². The molecule has 0 fully saturated rings. The first-order valence-electron chi connectivity index (χ1n) is 5.86. The van der Waals surface area contributed by atoms with Crippen LogP contribution < -0.4 is 5.06 Å². The summed E-state index contributed by atoms with van der Waals surface area (Å²) in [6.07, 6.45) is 0. The van der Waals surface area contributed by atoms with E-state index in [0.717, 1.165) is 21.8 Å². The van der Waals surface area contributed by atoms with Crippen molar-refractivity contribution in [1.82, 2.24) is 0 Å². The second-order valence-electron chi connectivity index (χ2n) is 4.45. The van der Waals surface area contributed by atoms with Crippen molar-refractivity contribution in [3.63, 3.8) is 0 Å². The van der Waals surface area contributed by atoms with Crippen molar-refractivity contribution < 1.29 is 10.3 Å². The second kappa shape index (κ2) is 5.10. The summed E-state index contributed by atoms with van der Waals surface area (Å²) in [6, 6.07) is 12.8. The van der Waals surface area contributed by atoms with Crippen molar-refractivity contribution >= 4 is 5.69 Å². The van der Waals surface area contributed by atoms with Gasteiger partial charge in [0.15, 0.2) is 0 Å². The van der Waals surface area contributed by atoms with Gasteiger partial charge in [0.25, 0.3) is 0 Å². The number of hydrogen-bond acceptors (Lipinski definition) is 2. The van der Waals surface area contributed by atoms with Crippen molar-refractivity contribution in [2.45, 2.75) is 20.4 Å². The summed E-state index contributed by atoms with van der Waals surface area (Å²) >= 11 is 0. The van der Waals surface area contributed by atoms with E-state index in [9.17, 15) is 10.3 Å². The van der Waals surface area contributed by atoms with Gasteiger partial charge in [-0.1, -0.05) is 35.5 Å². The van der Waals surface area contributed by atoms with Gasteiger partial charge in [-0.2, -0.15) is 0 Å². The highest BCUT2D eigenvalue weighted by atomic mass is 16.5. The Balaban J connectivity index is 2.20. The molecule has 0 heterocycles. The Morgan fingerprint density at radius 3 is 2.17 bits per heavy atom. The Kier molecular flexibility index (Phi) is 3.53. The molecule has 0 aliphatic rings. The molecule has 0 aliphatic heterocycles. The van der Waals surface area contributed by atoms with Crippen LogP contribution in [-0.2, 0) is 11.8 Å². The number of hydroxylamine groups is 1. The van der Waals surface area contributed by atoms with Gasteiger partial charge >= 0.3 is 0 Å². The fourth-order valence-electron chi connectivity index (χ4n) is 1.99. The maximum Gasteiger partial charge on any atom is 0.121 e. The Bertz CT molecular complexity index is 514. The van der Waals surface area contributed by atoms with E-state index < -0.39 is 0 Å². The zero-order valence-corrected chi connectivity index (χ0v) is 10.6. The van der Waals surface area contributed by atoms with Crippen molar-refractivity contribution in [3.8, 4) is 5.75 Å². The first-order valence-corrected chi connectivity index (χ1v) is 5.86. The van der Waals surface area contributed by atoms with Gasteiger partial charge < -0.3 is 5.11 Å². The van der Waals surface area contributed by atoms with E-state index in [1.54, 1.807) is 12.1 Å². The normalized spacial score (nSPS) is 10.4. The van der Waals surface area contributed by atoms with Crippen LogP contribution in [0.25, 0.3) is 0 Å². The summed E-state index contributed by atoms with van der Waals surface area (Å²) in [6.45, 7) is 3.96. The Morgan fingerprint density at radius 1 is 1.06 bits per heavy atom. The van der Waals surface area contributed by atoms with E-state index in [4.69, 9.17) is 0 Å². The molecule has 0 aromatic heterocycles. The minimum Gasteiger partial charge on any atom is -0.507 e. The van der Waals surface area contributed by atoms with Gasteiger partial charge in [0.05, 0.1) is 12.2 Å². The minimum atomic E-state index is 0.284. The fourth-order valence-corrected chi connectivity index (χ4v) is 1.99. The lowest BCUT2D eigenvalue weighted by atomic mass is 10.1. The number of nitrogens with zero attached hydrogens (tertiary/aromatic N) is 1. The number of para-hydroxylation sites is 1. The molecule has 2 aromatic carbocycles. The fraction of sp³-hybridized carbons (Fsp3) is 0.200. The molecule has 0 spiro atoms. The van der Waals surface area contributed by atoms with Gasteiger partial charge in [-0.25, -0.2) is 5.06 Å². The van der Waals surface area contributed by atoms with Crippen molar-refractivity contribution in [3.05, 3.63) is 59.2 Å². The van der Waals surface area contributed by atoms with Crippen LogP contribution in [0.2, 0.25) is 0 Å². The monoisotopic (exact) mass is 242 g/mol. The average molecular weight is 242 g/mol. The zero-order chi connectivity index (χ0) is 13.1. The summed E-state index contributed by atoms with van der Waals surface area (Å²) in [7, 11) is 0. The molecule has 0 unspecified atom stereocenters. The Labute approximate surface area is 107 Å². The predicted octanol–water partition coefficient (Wildman–Crippen LogP) is 3.36. The van der Waals surface area contributed by atoms with Crippen molar-refractivity contribution in [2.75, 3.05) is 5.06 Å². The Morgan fingerprint density at radius 2 is 1.61 bits per heavy atom. The smallest absolute Gasteiger partial charge is 0.121 e. The van der Waals surface area contributed by atoms with Gasteiger partial charge in [-0.15, -0.1) is 0 Å². The van der Waals surface area contributed by atoms with Gasteiger partial charge in [-0.3, -0.25) is 0 Å². The topological polar surface area (TPSA) is 43.4 Å². The standard InChI is InChI=1S/C15H16NO2/c1-11-8-13(9-12(2)15(11)17)10-16(18)14-6-4-3-5-7-14/h3-9,17H,10H2,1-2H3. The third-order valence-electron chi connectivity index (χ3n) is 2.92. The van der Waals surface area contributed by atoms with Crippen LogP contribution in [0.3, 0.4) is 0 Å². The molecule has 2 rings (SSSR count). The molecule has 0 aliphatic carbocycles. The molecular weight excluding hydrogens is 226 g/mol. The van der Waals surface area contributed by atoms with E-state index in [2.05, 4.69) is 0 Å². The van der Waals surface area contributed by atoms with Crippen LogP contribution in [0.5, 0.6) is 5.75 Å². The highest BCUT2D eigenvalue weighted by Gasteiger charge is 2.08. The second-order valence-corrected chi connectivity index (χ2v) is 4.45. The highest BCUT2D eigenvalue weighted by molar-refractivity contribution is 5.46. The number of hydrogen-bond donors (Lipinski definition) is 1. The molecule has 0 atom stereocenters.